The summed E-state index contributed by atoms with van der Waals surface area (Å²) in [4.78, 5) is 0. The molecule has 2 nitrogen and oxygen atoms in total. The van der Waals surface area contributed by atoms with Gasteiger partial charge in [-0.15, -0.1) is 0 Å². The van der Waals surface area contributed by atoms with E-state index < -0.39 is 6.10 Å². The van der Waals surface area contributed by atoms with Crippen LogP contribution in [0.5, 0.6) is 5.75 Å². The molecule has 0 bridgehead atoms. The van der Waals surface area contributed by atoms with Crippen LogP contribution in [0.3, 0.4) is 0 Å². The van der Waals surface area contributed by atoms with Crippen molar-refractivity contribution in [2.45, 2.75) is 19.4 Å². The molecule has 1 aromatic heterocycles. The van der Waals surface area contributed by atoms with Crippen LogP contribution >= 0.6 is 11.3 Å². The summed E-state index contributed by atoms with van der Waals surface area (Å²) in [7, 11) is 0. The number of benzene rings is 1. The molecule has 1 atom stereocenters. The first kappa shape index (κ1) is 12.1. The van der Waals surface area contributed by atoms with Crippen molar-refractivity contribution in [3.8, 4) is 5.75 Å². The van der Waals surface area contributed by atoms with E-state index in [1.807, 2.05) is 24.3 Å². The zero-order valence-corrected chi connectivity index (χ0v) is 10.6. The van der Waals surface area contributed by atoms with Crippen LogP contribution < -0.4 is 4.74 Å². The molecule has 3 heteroatoms. The summed E-state index contributed by atoms with van der Waals surface area (Å²) in [5.41, 5.74) is 2.23. The first-order chi connectivity index (χ1) is 8.25. The molecule has 0 spiro atoms. The van der Waals surface area contributed by atoms with Gasteiger partial charge in [-0.25, -0.2) is 0 Å². The van der Waals surface area contributed by atoms with E-state index in [1.165, 1.54) is 5.56 Å². The number of aliphatic hydroxyl groups excluding tert-OH is 1. The topological polar surface area (TPSA) is 29.5 Å². The molecule has 17 heavy (non-hydrogen) atoms. The lowest BCUT2D eigenvalue weighted by Gasteiger charge is -2.08. The average Bonchev–Trinajstić information content (AvgIpc) is 2.83. The van der Waals surface area contributed by atoms with E-state index in [-0.39, 0.29) is 0 Å². The Morgan fingerprint density at radius 3 is 2.59 bits per heavy atom. The van der Waals surface area contributed by atoms with Crippen molar-refractivity contribution < 1.29 is 9.84 Å². The lowest BCUT2D eigenvalue weighted by Crippen LogP contribution is -2.00. The number of ether oxygens (including phenoxy) is 1. The third-order valence-corrected chi connectivity index (χ3v) is 3.33. The van der Waals surface area contributed by atoms with Gasteiger partial charge in [-0.3, -0.25) is 0 Å². The lowest BCUT2D eigenvalue weighted by molar-refractivity contribution is 0.199. The van der Waals surface area contributed by atoms with Gasteiger partial charge in [0.2, 0.25) is 0 Å². The Bertz CT molecular complexity index is 432. The van der Waals surface area contributed by atoms with Gasteiger partial charge in [0, 0.05) is 6.42 Å². The van der Waals surface area contributed by atoms with Crippen LogP contribution in [0.4, 0.5) is 0 Å². The van der Waals surface area contributed by atoms with Gasteiger partial charge in [0.15, 0.2) is 0 Å². The summed E-state index contributed by atoms with van der Waals surface area (Å²) in [6, 6.07) is 9.70. The minimum absolute atomic E-state index is 0.421. The van der Waals surface area contributed by atoms with Crippen LogP contribution in [0.1, 0.15) is 24.2 Å². The van der Waals surface area contributed by atoms with E-state index in [4.69, 9.17) is 4.74 Å². The fraction of sp³-hybridized carbons (Fsp3) is 0.286. The highest BCUT2D eigenvalue weighted by atomic mass is 32.1. The molecule has 0 aliphatic carbocycles. The van der Waals surface area contributed by atoms with Crippen molar-refractivity contribution >= 4 is 11.3 Å². The SMILES string of the molecule is CC(O)c1ccc(OCCc2ccsc2)cc1. The van der Waals surface area contributed by atoms with E-state index in [2.05, 4.69) is 16.8 Å². The average molecular weight is 248 g/mol. The zero-order chi connectivity index (χ0) is 12.1. The molecule has 0 aliphatic rings. The highest BCUT2D eigenvalue weighted by Gasteiger charge is 2.00. The number of hydrogen-bond donors (Lipinski definition) is 1. The van der Waals surface area contributed by atoms with Crippen molar-refractivity contribution in [1.82, 2.24) is 0 Å². The normalized spacial score (nSPS) is 12.4. The van der Waals surface area contributed by atoms with Gasteiger partial charge in [-0.1, -0.05) is 12.1 Å². The van der Waals surface area contributed by atoms with E-state index in [9.17, 15) is 5.11 Å². The Hall–Kier alpha value is -1.32. The molecular formula is C14H16O2S. The van der Waals surface area contributed by atoms with Gasteiger partial charge in [0.1, 0.15) is 5.75 Å². The Kier molecular flexibility index (Phi) is 4.18. The number of hydrogen-bond acceptors (Lipinski definition) is 3. The van der Waals surface area contributed by atoms with Crippen LogP contribution in [-0.4, -0.2) is 11.7 Å². The van der Waals surface area contributed by atoms with E-state index in [0.717, 1.165) is 17.7 Å². The molecule has 1 unspecified atom stereocenters. The van der Waals surface area contributed by atoms with E-state index in [0.29, 0.717) is 6.61 Å². The summed E-state index contributed by atoms with van der Waals surface area (Å²) < 4.78 is 5.64. The van der Waals surface area contributed by atoms with Gasteiger partial charge in [-0.05, 0) is 47.0 Å². The summed E-state index contributed by atoms with van der Waals surface area (Å²) in [6.07, 6.45) is 0.511. The highest BCUT2D eigenvalue weighted by molar-refractivity contribution is 7.07. The van der Waals surface area contributed by atoms with Gasteiger partial charge in [0.05, 0.1) is 12.7 Å². The second-order valence-corrected chi connectivity index (χ2v) is 4.76. The molecule has 0 saturated carbocycles. The third kappa shape index (κ3) is 3.58. The van der Waals surface area contributed by atoms with Gasteiger partial charge >= 0.3 is 0 Å². The highest BCUT2D eigenvalue weighted by Crippen LogP contribution is 2.17. The molecule has 1 heterocycles. The Balaban J connectivity index is 1.83. The van der Waals surface area contributed by atoms with Crippen molar-refractivity contribution in [3.63, 3.8) is 0 Å². The molecule has 0 radical (unpaired) electrons. The molecule has 1 N–H and O–H groups in total. The number of thiophene rings is 1. The third-order valence-electron chi connectivity index (χ3n) is 2.60. The van der Waals surface area contributed by atoms with Gasteiger partial charge < -0.3 is 9.84 Å². The maximum absolute atomic E-state index is 9.38. The molecule has 0 amide bonds. The van der Waals surface area contributed by atoms with Crippen molar-refractivity contribution in [2.24, 2.45) is 0 Å². The van der Waals surface area contributed by atoms with Crippen molar-refractivity contribution in [2.75, 3.05) is 6.61 Å². The molecule has 1 aromatic carbocycles. The molecule has 90 valence electrons. The monoisotopic (exact) mass is 248 g/mol. The molecule has 0 fully saturated rings. The fourth-order valence-electron chi connectivity index (χ4n) is 1.56. The standard InChI is InChI=1S/C14H16O2S/c1-11(15)13-2-4-14(5-3-13)16-8-6-12-7-9-17-10-12/h2-5,7,9-11,15H,6,8H2,1H3. The first-order valence-electron chi connectivity index (χ1n) is 5.67. The van der Waals surface area contributed by atoms with Crippen molar-refractivity contribution in [3.05, 3.63) is 52.2 Å². The molecule has 2 rings (SSSR count). The van der Waals surface area contributed by atoms with E-state index >= 15 is 0 Å². The summed E-state index contributed by atoms with van der Waals surface area (Å²) in [5.74, 6) is 0.852. The largest absolute Gasteiger partial charge is 0.493 e. The smallest absolute Gasteiger partial charge is 0.119 e. The maximum atomic E-state index is 9.38. The minimum atomic E-state index is -0.421. The molecule has 0 saturated heterocycles. The van der Waals surface area contributed by atoms with E-state index in [1.54, 1.807) is 18.3 Å². The number of rotatable bonds is 5. The second-order valence-electron chi connectivity index (χ2n) is 3.98. The first-order valence-corrected chi connectivity index (χ1v) is 6.62. The van der Waals surface area contributed by atoms with Crippen LogP contribution in [0, 0.1) is 0 Å². The Labute approximate surface area is 105 Å². The molecule has 2 aromatic rings. The van der Waals surface area contributed by atoms with Crippen LogP contribution in [-0.2, 0) is 6.42 Å². The summed E-state index contributed by atoms with van der Waals surface area (Å²) >= 11 is 1.71. The predicted octanol–water partition coefficient (Wildman–Crippen LogP) is 3.42. The maximum Gasteiger partial charge on any atom is 0.119 e. The molecular weight excluding hydrogens is 232 g/mol. The second kappa shape index (κ2) is 5.84. The number of aliphatic hydroxyl groups is 1. The zero-order valence-electron chi connectivity index (χ0n) is 9.80. The predicted molar refractivity (Wildman–Crippen MR) is 70.6 cm³/mol. The van der Waals surface area contributed by atoms with Crippen LogP contribution in [0.2, 0.25) is 0 Å². The summed E-state index contributed by atoms with van der Waals surface area (Å²) in [6.45, 7) is 2.44. The molecule has 0 aliphatic heterocycles. The van der Waals surface area contributed by atoms with Gasteiger partial charge in [0.25, 0.3) is 0 Å². The Morgan fingerprint density at radius 2 is 2.00 bits per heavy atom. The van der Waals surface area contributed by atoms with Gasteiger partial charge in [-0.2, -0.15) is 11.3 Å². The summed E-state index contributed by atoms with van der Waals surface area (Å²) in [5, 5.41) is 13.6. The van der Waals surface area contributed by atoms with Crippen molar-refractivity contribution in [1.29, 1.82) is 0 Å². The minimum Gasteiger partial charge on any atom is -0.493 e. The van der Waals surface area contributed by atoms with Crippen LogP contribution in [0.15, 0.2) is 41.1 Å². The van der Waals surface area contributed by atoms with Crippen LogP contribution in [0.25, 0.3) is 0 Å². The fourth-order valence-corrected chi connectivity index (χ4v) is 2.27. The Morgan fingerprint density at radius 1 is 1.24 bits per heavy atom. The lowest BCUT2D eigenvalue weighted by atomic mass is 10.1. The quantitative estimate of drug-likeness (QED) is 0.878.